The van der Waals surface area contributed by atoms with E-state index < -0.39 is 0 Å². The van der Waals surface area contributed by atoms with Gasteiger partial charge in [0.25, 0.3) is 5.89 Å². The number of aromatic nitrogens is 2. The van der Waals surface area contributed by atoms with Gasteiger partial charge in [0.1, 0.15) is 0 Å². The summed E-state index contributed by atoms with van der Waals surface area (Å²) >= 11 is 6.59. The number of rotatable bonds is 1. The third-order valence-corrected chi connectivity index (χ3v) is 2.73. The van der Waals surface area contributed by atoms with Crippen molar-refractivity contribution >= 4 is 31.9 Å². The van der Waals surface area contributed by atoms with Crippen molar-refractivity contribution < 1.29 is 4.52 Å². The SMILES string of the molecule is Cc1ccc(-c2nc(Br)no2)c(Br)c1. The Balaban J connectivity index is 2.52. The van der Waals surface area contributed by atoms with Crippen molar-refractivity contribution in [3.05, 3.63) is 33.0 Å². The Morgan fingerprint density at radius 2 is 2.07 bits per heavy atom. The predicted molar refractivity (Wildman–Crippen MR) is 59.9 cm³/mol. The van der Waals surface area contributed by atoms with Crippen LogP contribution in [0.3, 0.4) is 0 Å². The first-order valence-corrected chi connectivity index (χ1v) is 5.51. The van der Waals surface area contributed by atoms with Gasteiger partial charge < -0.3 is 4.52 Å². The molecular weight excluding hydrogens is 312 g/mol. The highest BCUT2D eigenvalue weighted by molar-refractivity contribution is 9.10. The van der Waals surface area contributed by atoms with Gasteiger partial charge >= 0.3 is 0 Å². The summed E-state index contributed by atoms with van der Waals surface area (Å²) in [6.07, 6.45) is 0. The quantitative estimate of drug-likeness (QED) is 0.807. The van der Waals surface area contributed by atoms with E-state index in [4.69, 9.17) is 4.52 Å². The monoisotopic (exact) mass is 316 g/mol. The second kappa shape index (κ2) is 3.82. The fraction of sp³-hybridized carbons (Fsp3) is 0.111. The third kappa shape index (κ3) is 1.88. The van der Waals surface area contributed by atoms with Gasteiger partial charge in [-0.05, 0) is 61.6 Å². The maximum absolute atomic E-state index is 5.03. The Labute approximate surface area is 97.8 Å². The van der Waals surface area contributed by atoms with Gasteiger partial charge in [-0.25, -0.2) is 0 Å². The Kier molecular flexibility index (Phi) is 2.69. The molecule has 3 nitrogen and oxygen atoms in total. The molecule has 5 heteroatoms. The molecule has 1 aromatic carbocycles. The molecule has 2 rings (SSSR count). The second-order valence-corrected chi connectivity index (χ2v) is 4.42. The fourth-order valence-electron chi connectivity index (χ4n) is 1.11. The maximum Gasteiger partial charge on any atom is 0.259 e. The minimum absolute atomic E-state index is 0.458. The molecule has 0 saturated heterocycles. The summed E-state index contributed by atoms with van der Waals surface area (Å²) < 4.78 is 6.44. The summed E-state index contributed by atoms with van der Waals surface area (Å²) in [5.74, 6) is 0.503. The largest absolute Gasteiger partial charge is 0.333 e. The molecule has 0 radical (unpaired) electrons. The Bertz CT molecular complexity index is 468. The molecule has 0 bridgehead atoms. The topological polar surface area (TPSA) is 38.9 Å². The molecule has 0 N–H and O–H groups in total. The Hall–Kier alpha value is -0.680. The van der Waals surface area contributed by atoms with Crippen molar-refractivity contribution in [2.45, 2.75) is 6.92 Å². The van der Waals surface area contributed by atoms with E-state index >= 15 is 0 Å². The molecule has 0 aliphatic rings. The number of halogens is 2. The Morgan fingerprint density at radius 3 is 2.64 bits per heavy atom. The van der Waals surface area contributed by atoms with Crippen LogP contribution in [0.15, 0.2) is 31.9 Å². The van der Waals surface area contributed by atoms with Crippen LogP contribution in [0.25, 0.3) is 11.5 Å². The van der Waals surface area contributed by atoms with E-state index in [2.05, 4.69) is 42.0 Å². The third-order valence-electron chi connectivity index (χ3n) is 1.76. The zero-order chi connectivity index (χ0) is 10.1. The van der Waals surface area contributed by atoms with Crippen molar-refractivity contribution in [3.63, 3.8) is 0 Å². The minimum atomic E-state index is 0.458. The van der Waals surface area contributed by atoms with E-state index in [9.17, 15) is 0 Å². The van der Waals surface area contributed by atoms with Crippen molar-refractivity contribution in [3.8, 4) is 11.5 Å². The van der Waals surface area contributed by atoms with E-state index in [-0.39, 0.29) is 0 Å². The van der Waals surface area contributed by atoms with Crippen molar-refractivity contribution in [1.29, 1.82) is 0 Å². The summed E-state index contributed by atoms with van der Waals surface area (Å²) in [6, 6.07) is 5.95. The van der Waals surface area contributed by atoms with Crippen LogP contribution >= 0.6 is 31.9 Å². The molecule has 1 heterocycles. The average molecular weight is 318 g/mol. The molecule has 14 heavy (non-hydrogen) atoms. The molecule has 0 saturated carbocycles. The normalized spacial score (nSPS) is 10.5. The van der Waals surface area contributed by atoms with E-state index in [0.29, 0.717) is 10.6 Å². The van der Waals surface area contributed by atoms with Gasteiger partial charge in [-0.1, -0.05) is 6.07 Å². The summed E-state index contributed by atoms with van der Waals surface area (Å²) in [5.41, 5.74) is 2.08. The van der Waals surface area contributed by atoms with Crippen LogP contribution in [0.5, 0.6) is 0 Å². The zero-order valence-corrected chi connectivity index (χ0v) is 10.5. The number of benzene rings is 1. The molecule has 72 valence electrons. The molecule has 0 unspecified atom stereocenters. The zero-order valence-electron chi connectivity index (χ0n) is 7.29. The maximum atomic E-state index is 5.03. The average Bonchev–Trinajstić information content (AvgIpc) is 2.51. The lowest BCUT2D eigenvalue weighted by atomic mass is 10.1. The minimum Gasteiger partial charge on any atom is -0.333 e. The standard InChI is InChI=1S/C9H6Br2N2O/c1-5-2-3-6(7(10)4-5)8-12-9(11)13-14-8/h2-4H,1H3. The van der Waals surface area contributed by atoms with Crippen LogP contribution < -0.4 is 0 Å². The number of aryl methyl sites for hydroxylation is 1. The number of hydrogen-bond acceptors (Lipinski definition) is 3. The van der Waals surface area contributed by atoms with Crippen LogP contribution in [0, 0.1) is 6.92 Å². The summed E-state index contributed by atoms with van der Waals surface area (Å²) in [6.45, 7) is 2.03. The van der Waals surface area contributed by atoms with Gasteiger partial charge in [0.05, 0.1) is 5.56 Å². The van der Waals surface area contributed by atoms with Crippen molar-refractivity contribution in [2.75, 3.05) is 0 Å². The summed E-state index contributed by atoms with van der Waals surface area (Å²) in [4.78, 5) is 4.08. The lowest BCUT2D eigenvalue weighted by Crippen LogP contribution is -1.81. The van der Waals surface area contributed by atoms with Gasteiger partial charge in [0, 0.05) is 4.47 Å². The van der Waals surface area contributed by atoms with E-state index in [1.54, 1.807) is 0 Å². The van der Waals surface area contributed by atoms with Gasteiger partial charge in [-0.15, -0.1) is 0 Å². The fourth-order valence-corrected chi connectivity index (χ4v) is 2.00. The van der Waals surface area contributed by atoms with Gasteiger partial charge in [-0.3, -0.25) is 0 Å². The highest BCUT2D eigenvalue weighted by atomic mass is 79.9. The van der Waals surface area contributed by atoms with Crippen LogP contribution in [0.2, 0.25) is 0 Å². The first-order chi connectivity index (χ1) is 6.66. The molecule has 0 atom stereocenters. The highest BCUT2D eigenvalue weighted by Crippen LogP contribution is 2.28. The second-order valence-electron chi connectivity index (χ2n) is 2.85. The lowest BCUT2D eigenvalue weighted by molar-refractivity contribution is 0.426. The Morgan fingerprint density at radius 1 is 1.29 bits per heavy atom. The van der Waals surface area contributed by atoms with Crippen LogP contribution in [0.1, 0.15) is 5.56 Å². The van der Waals surface area contributed by atoms with Gasteiger partial charge in [0.15, 0.2) is 0 Å². The first kappa shape index (κ1) is 9.86. The summed E-state index contributed by atoms with van der Waals surface area (Å²) in [5, 5.41) is 3.67. The lowest BCUT2D eigenvalue weighted by Gasteiger charge is -1.99. The smallest absolute Gasteiger partial charge is 0.259 e. The molecule has 1 aromatic heterocycles. The van der Waals surface area contributed by atoms with E-state index in [0.717, 1.165) is 10.0 Å². The molecule has 0 amide bonds. The molecular formula is C9H6Br2N2O. The number of hydrogen-bond donors (Lipinski definition) is 0. The van der Waals surface area contributed by atoms with Crippen LogP contribution in [-0.4, -0.2) is 10.1 Å². The highest BCUT2D eigenvalue weighted by Gasteiger charge is 2.10. The predicted octanol–water partition coefficient (Wildman–Crippen LogP) is 3.57. The van der Waals surface area contributed by atoms with Crippen LogP contribution in [0.4, 0.5) is 0 Å². The summed E-state index contributed by atoms with van der Waals surface area (Å²) in [7, 11) is 0. The first-order valence-electron chi connectivity index (χ1n) is 3.92. The van der Waals surface area contributed by atoms with Gasteiger partial charge in [-0.2, -0.15) is 4.98 Å². The number of nitrogens with zero attached hydrogens (tertiary/aromatic N) is 2. The molecule has 0 fully saturated rings. The van der Waals surface area contributed by atoms with Crippen molar-refractivity contribution in [1.82, 2.24) is 10.1 Å². The molecule has 0 aliphatic carbocycles. The molecule has 0 aliphatic heterocycles. The van der Waals surface area contributed by atoms with E-state index in [1.165, 1.54) is 5.56 Å². The van der Waals surface area contributed by atoms with E-state index in [1.807, 2.05) is 25.1 Å². The van der Waals surface area contributed by atoms with Crippen LogP contribution in [-0.2, 0) is 0 Å². The molecule has 0 spiro atoms. The molecule has 2 aromatic rings. The van der Waals surface area contributed by atoms with Gasteiger partial charge in [0.2, 0.25) is 4.73 Å². The van der Waals surface area contributed by atoms with Crippen molar-refractivity contribution in [2.24, 2.45) is 0 Å².